The first kappa shape index (κ1) is 28.7. The Morgan fingerprint density at radius 1 is 0.594 bits per heavy atom. The number of benzene rings is 1. The standard InChI is InChI=1S/C29H52O3/c1-3-5-7-9-11-13-14-16-18-20-23-26(22-19-17-15-12-10-8-6-4-2)32-28-25-21-24-27(30)29(28)31/h21,24-26,30-31H,3-20,22-23H2,1-2H3. The molecule has 2 N–H and O–H groups in total. The summed E-state index contributed by atoms with van der Waals surface area (Å²) >= 11 is 0. The van der Waals surface area contributed by atoms with E-state index in [1.165, 1.54) is 122 Å². The number of hydrogen-bond acceptors (Lipinski definition) is 3. The van der Waals surface area contributed by atoms with Crippen molar-refractivity contribution in [3.63, 3.8) is 0 Å². The summed E-state index contributed by atoms with van der Waals surface area (Å²) in [5, 5.41) is 19.9. The zero-order valence-corrected chi connectivity index (χ0v) is 21.3. The molecule has 0 heterocycles. The average Bonchev–Trinajstić information content (AvgIpc) is 2.79. The number of para-hydroxylation sites is 1. The summed E-state index contributed by atoms with van der Waals surface area (Å²) < 4.78 is 6.16. The van der Waals surface area contributed by atoms with Crippen LogP contribution in [0.3, 0.4) is 0 Å². The van der Waals surface area contributed by atoms with Crippen LogP contribution in [0.1, 0.15) is 142 Å². The average molecular weight is 449 g/mol. The van der Waals surface area contributed by atoms with Crippen LogP contribution in [0.2, 0.25) is 0 Å². The van der Waals surface area contributed by atoms with Crippen LogP contribution < -0.4 is 4.74 Å². The van der Waals surface area contributed by atoms with Gasteiger partial charge in [0.15, 0.2) is 11.5 Å². The van der Waals surface area contributed by atoms with Crippen molar-refractivity contribution in [3.8, 4) is 17.2 Å². The summed E-state index contributed by atoms with van der Waals surface area (Å²) in [5.74, 6) is 0.186. The van der Waals surface area contributed by atoms with Gasteiger partial charge in [0, 0.05) is 0 Å². The van der Waals surface area contributed by atoms with Gasteiger partial charge in [-0.2, -0.15) is 0 Å². The van der Waals surface area contributed by atoms with Gasteiger partial charge >= 0.3 is 0 Å². The van der Waals surface area contributed by atoms with Gasteiger partial charge in [0.1, 0.15) is 0 Å². The second kappa shape index (κ2) is 20.2. The SMILES string of the molecule is CCCCCCCCCCCCC(CCCCCCCCCC)Oc1cccc(O)c1O. The van der Waals surface area contributed by atoms with Gasteiger partial charge in [-0.25, -0.2) is 0 Å². The molecule has 1 atom stereocenters. The van der Waals surface area contributed by atoms with E-state index in [1.54, 1.807) is 12.1 Å². The maximum atomic E-state index is 10.1. The van der Waals surface area contributed by atoms with Gasteiger partial charge in [-0.15, -0.1) is 0 Å². The van der Waals surface area contributed by atoms with E-state index in [-0.39, 0.29) is 17.6 Å². The van der Waals surface area contributed by atoms with Crippen molar-refractivity contribution in [3.05, 3.63) is 18.2 Å². The number of phenolic OH excluding ortho intramolecular Hbond substituents is 2. The normalized spacial score (nSPS) is 12.2. The number of aromatic hydroxyl groups is 2. The second-order valence-corrected chi connectivity index (χ2v) is 9.60. The van der Waals surface area contributed by atoms with Crippen LogP contribution in [0, 0.1) is 0 Å². The van der Waals surface area contributed by atoms with Crippen LogP contribution in [0.25, 0.3) is 0 Å². The van der Waals surface area contributed by atoms with Crippen molar-refractivity contribution < 1.29 is 14.9 Å². The Hall–Kier alpha value is -1.38. The van der Waals surface area contributed by atoms with Gasteiger partial charge in [0.25, 0.3) is 0 Å². The number of unbranched alkanes of at least 4 members (excludes halogenated alkanes) is 16. The molecule has 0 saturated heterocycles. The van der Waals surface area contributed by atoms with Crippen LogP contribution in [0.4, 0.5) is 0 Å². The highest BCUT2D eigenvalue weighted by molar-refractivity contribution is 5.48. The number of hydrogen-bond donors (Lipinski definition) is 2. The summed E-state index contributed by atoms with van der Waals surface area (Å²) in [5.41, 5.74) is 0. The largest absolute Gasteiger partial charge is 0.504 e. The van der Waals surface area contributed by atoms with Crippen molar-refractivity contribution in [2.75, 3.05) is 0 Å². The molecule has 0 amide bonds. The molecule has 3 nitrogen and oxygen atoms in total. The highest BCUT2D eigenvalue weighted by Gasteiger charge is 2.14. The van der Waals surface area contributed by atoms with E-state index in [2.05, 4.69) is 13.8 Å². The fourth-order valence-electron chi connectivity index (χ4n) is 4.41. The topological polar surface area (TPSA) is 49.7 Å². The van der Waals surface area contributed by atoms with Gasteiger partial charge in [-0.1, -0.05) is 123 Å². The third kappa shape index (κ3) is 14.6. The Bertz CT molecular complexity index is 543. The van der Waals surface area contributed by atoms with E-state index in [4.69, 9.17) is 4.74 Å². The minimum atomic E-state index is -0.128. The lowest BCUT2D eigenvalue weighted by Gasteiger charge is -2.20. The quantitative estimate of drug-likeness (QED) is 0.137. The smallest absolute Gasteiger partial charge is 0.200 e. The zero-order chi connectivity index (χ0) is 23.3. The summed E-state index contributed by atoms with van der Waals surface area (Å²) in [7, 11) is 0. The van der Waals surface area contributed by atoms with E-state index < -0.39 is 0 Å². The third-order valence-corrected chi connectivity index (χ3v) is 6.53. The van der Waals surface area contributed by atoms with E-state index >= 15 is 0 Å². The fraction of sp³-hybridized carbons (Fsp3) is 0.793. The molecule has 0 radical (unpaired) electrons. The monoisotopic (exact) mass is 448 g/mol. The fourth-order valence-corrected chi connectivity index (χ4v) is 4.41. The van der Waals surface area contributed by atoms with Gasteiger partial charge < -0.3 is 14.9 Å². The number of ether oxygens (including phenoxy) is 1. The predicted octanol–water partition coefficient (Wildman–Crippen LogP) is 9.69. The molecule has 1 aromatic carbocycles. The lowest BCUT2D eigenvalue weighted by atomic mass is 10.0. The summed E-state index contributed by atoms with van der Waals surface area (Å²) in [4.78, 5) is 0. The van der Waals surface area contributed by atoms with Crippen LogP contribution in [0.5, 0.6) is 17.2 Å². The maximum absolute atomic E-state index is 10.1. The molecule has 32 heavy (non-hydrogen) atoms. The van der Waals surface area contributed by atoms with Gasteiger partial charge in [-0.3, -0.25) is 0 Å². The van der Waals surface area contributed by atoms with Gasteiger partial charge in [-0.05, 0) is 37.8 Å². The minimum absolute atomic E-state index is 0.104. The van der Waals surface area contributed by atoms with Crippen molar-refractivity contribution in [2.24, 2.45) is 0 Å². The molecule has 0 aliphatic heterocycles. The molecular formula is C29H52O3. The van der Waals surface area contributed by atoms with Gasteiger partial charge in [0.05, 0.1) is 6.10 Å². The molecular weight excluding hydrogens is 396 g/mol. The molecule has 0 fully saturated rings. The first-order valence-corrected chi connectivity index (χ1v) is 13.9. The Labute approximate surface area is 199 Å². The van der Waals surface area contributed by atoms with Crippen molar-refractivity contribution >= 4 is 0 Å². The Morgan fingerprint density at radius 3 is 1.44 bits per heavy atom. The van der Waals surface area contributed by atoms with E-state index in [1.807, 2.05) is 0 Å². The van der Waals surface area contributed by atoms with Crippen molar-refractivity contribution in [2.45, 2.75) is 148 Å². The lowest BCUT2D eigenvalue weighted by molar-refractivity contribution is 0.165. The molecule has 0 aliphatic rings. The summed E-state index contributed by atoms with van der Waals surface area (Å²) in [6, 6.07) is 4.99. The Morgan fingerprint density at radius 2 is 1.00 bits per heavy atom. The molecule has 0 aliphatic carbocycles. The van der Waals surface area contributed by atoms with E-state index in [0.717, 1.165) is 12.8 Å². The summed E-state index contributed by atoms with van der Waals surface area (Å²) in [6.45, 7) is 4.53. The van der Waals surface area contributed by atoms with Crippen molar-refractivity contribution in [1.82, 2.24) is 0 Å². The van der Waals surface area contributed by atoms with Crippen molar-refractivity contribution in [1.29, 1.82) is 0 Å². The predicted molar refractivity (Wildman–Crippen MR) is 138 cm³/mol. The Balaban J connectivity index is 2.28. The molecule has 0 aromatic heterocycles. The molecule has 0 spiro atoms. The molecule has 186 valence electrons. The first-order chi connectivity index (χ1) is 15.7. The Kier molecular flexibility index (Phi) is 18.1. The number of phenols is 2. The minimum Gasteiger partial charge on any atom is -0.504 e. The molecule has 3 heteroatoms. The lowest BCUT2D eigenvalue weighted by Crippen LogP contribution is -2.16. The molecule has 1 unspecified atom stereocenters. The number of rotatable bonds is 22. The summed E-state index contributed by atoms with van der Waals surface area (Å²) in [6.07, 6.45) is 26.1. The second-order valence-electron chi connectivity index (χ2n) is 9.60. The highest BCUT2D eigenvalue weighted by atomic mass is 16.5. The third-order valence-electron chi connectivity index (χ3n) is 6.53. The highest BCUT2D eigenvalue weighted by Crippen LogP contribution is 2.36. The van der Waals surface area contributed by atoms with Crippen LogP contribution >= 0.6 is 0 Å². The van der Waals surface area contributed by atoms with Crippen LogP contribution in [-0.2, 0) is 0 Å². The molecule has 1 rings (SSSR count). The molecule has 0 saturated carbocycles. The van der Waals surface area contributed by atoms with E-state index in [9.17, 15) is 10.2 Å². The molecule has 1 aromatic rings. The van der Waals surface area contributed by atoms with Crippen LogP contribution in [-0.4, -0.2) is 16.3 Å². The molecule has 0 bridgehead atoms. The zero-order valence-electron chi connectivity index (χ0n) is 21.3. The van der Waals surface area contributed by atoms with Crippen LogP contribution in [0.15, 0.2) is 18.2 Å². The maximum Gasteiger partial charge on any atom is 0.200 e. The van der Waals surface area contributed by atoms with Gasteiger partial charge in [0.2, 0.25) is 5.75 Å². The first-order valence-electron chi connectivity index (χ1n) is 13.9. The van der Waals surface area contributed by atoms with E-state index in [0.29, 0.717) is 5.75 Å².